The first-order chi connectivity index (χ1) is 15.3. The van der Waals surface area contributed by atoms with Crippen LogP contribution in [0.25, 0.3) is 0 Å². The Morgan fingerprint density at radius 1 is 0.750 bits per heavy atom. The fourth-order valence-electron chi connectivity index (χ4n) is 3.99. The van der Waals surface area contributed by atoms with Gasteiger partial charge in [-0.05, 0) is 60.0 Å². The number of benzene rings is 3. The Labute approximate surface area is 186 Å². The Kier molecular flexibility index (Phi) is 6.37. The van der Waals surface area contributed by atoms with Crippen LogP contribution in [0, 0.1) is 24.4 Å². The van der Waals surface area contributed by atoms with Crippen molar-refractivity contribution in [1.82, 2.24) is 9.21 Å². The number of aryl methyl sites for hydroxylation is 1. The van der Waals surface area contributed by atoms with Gasteiger partial charge >= 0.3 is 0 Å². The Morgan fingerprint density at radius 2 is 1.25 bits per heavy atom. The molecule has 3 aromatic rings. The molecule has 4 nitrogen and oxygen atoms in total. The van der Waals surface area contributed by atoms with E-state index in [4.69, 9.17) is 0 Å². The Morgan fingerprint density at radius 3 is 1.72 bits per heavy atom. The first-order valence-corrected chi connectivity index (χ1v) is 11.7. The summed E-state index contributed by atoms with van der Waals surface area (Å²) in [5.41, 5.74) is 2.04. The lowest BCUT2D eigenvalue weighted by Crippen LogP contribution is -2.49. The van der Waals surface area contributed by atoms with Crippen LogP contribution in [0.2, 0.25) is 0 Å². The van der Waals surface area contributed by atoms with Crippen molar-refractivity contribution in [3.05, 3.63) is 101 Å². The standard InChI is InChI=1S/C24H23F3N2O2S/c1-17-2-11-22(16-23(17)27)32(30,31)29-14-12-28(13-15-29)24(18-3-7-20(25)8-4-18)19-5-9-21(26)10-6-19/h2-11,16,24H,12-15H2,1H3. The molecule has 1 fully saturated rings. The van der Waals surface area contributed by atoms with Gasteiger partial charge in [0.15, 0.2) is 0 Å². The van der Waals surface area contributed by atoms with Gasteiger partial charge in [-0.15, -0.1) is 0 Å². The summed E-state index contributed by atoms with van der Waals surface area (Å²) in [7, 11) is -3.82. The van der Waals surface area contributed by atoms with Crippen LogP contribution in [0.15, 0.2) is 71.6 Å². The maximum Gasteiger partial charge on any atom is 0.243 e. The van der Waals surface area contributed by atoms with E-state index in [0.717, 1.165) is 17.2 Å². The Hall–Kier alpha value is -2.68. The minimum atomic E-state index is -3.82. The van der Waals surface area contributed by atoms with E-state index in [9.17, 15) is 21.6 Å². The predicted octanol–water partition coefficient (Wildman–Crippen LogP) is 4.51. The second kappa shape index (κ2) is 9.05. The third kappa shape index (κ3) is 4.57. The molecule has 0 aromatic heterocycles. The molecule has 4 rings (SSSR count). The van der Waals surface area contributed by atoms with Gasteiger partial charge in [-0.3, -0.25) is 4.90 Å². The summed E-state index contributed by atoms with van der Waals surface area (Å²) in [5, 5.41) is 0. The van der Waals surface area contributed by atoms with Gasteiger partial charge in [0.05, 0.1) is 10.9 Å². The zero-order chi connectivity index (χ0) is 22.9. The highest BCUT2D eigenvalue weighted by molar-refractivity contribution is 7.89. The number of hydrogen-bond acceptors (Lipinski definition) is 3. The van der Waals surface area contributed by atoms with E-state index < -0.39 is 15.8 Å². The number of rotatable bonds is 5. The molecule has 0 spiro atoms. The van der Waals surface area contributed by atoms with Crippen LogP contribution in [0.5, 0.6) is 0 Å². The quantitative estimate of drug-likeness (QED) is 0.563. The zero-order valence-electron chi connectivity index (χ0n) is 17.5. The van der Waals surface area contributed by atoms with Gasteiger partial charge in [-0.1, -0.05) is 30.3 Å². The van der Waals surface area contributed by atoms with Crippen molar-refractivity contribution in [1.29, 1.82) is 0 Å². The molecule has 1 heterocycles. The van der Waals surface area contributed by atoms with E-state index in [1.165, 1.54) is 40.7 Å². The third-order valence-electron chi connectivity index (χ3n) is 5.79. The van der Waals surface area contributed by atoms with Crippen LogP contribution in [0.1, 0.15) is 22.7 Å². The summed E-state index contributed by atoms with van der Waals surface area (Å²) < 4.78 is 68.2. The highest BCUT2D eigenvalue weighted by Crippen LogP contribution is 2.31. The van der Waals surface area contributed by atoms with E-state index in [0.29, 0.717) is 18.7 Å². The normalized spacial score (nSPS) is 15.9. The molecule has 1 aliphatic heterocycles. The van der Waals surface area contributed by atoms with E-state index in [2.05, 4.69) is 4.90 Å². The summed E-state index contributed by atoms with van der Waals surface area (Å²) >= 11 is 0. The largest absolute Gasteiger partial charge is 0.290 e. The van der Waals surface area contributed by atoms with Gasteiger partial charge in [-0.25, -0.2) is 21.6 Å². The van der Waals surface area contributed by atoms with Crippen LogP contribution in [-0.2, 0) is 10.0 Å². The second-order valence-electron chi connectivity index (χ2n) is 7.86. The molecule has 1 aliphatic rings. The molecular formula is C24H23F3N2O2S. The smallest absolute Gasteiger partial charge is 0.243 e. The molecule has 168 valence electrons. The van der Waals surface area contributed by atoms with Gasteiger partial charge in [0.2, 0.25) is 10.0 Å². The summed E-state index contributed by atoms with van der Waals surface area (Å²) in [5.74, 6) is -1.27. The molecule has 3 aromatic carbocycles. The number of sulfonamides is 1. The second-order valence-corrected chi connectivity index (χ2v) is 9.79. The van der Waals surface area contributed by atoms with Crippen LogP contribution < -0.4 is 0 Å². The van der Waals surface area contributed by atoms with Gasteiger partial charge in [0.25, 0.3) is 0 Å². The zero-order valence-corrected chi connectivity index (χ0v) is 18.3. The maximum atomic E-state index is 13.9. The molecular weight excluding hydrogens is 437 g/mol. The van der Waals surface area contributed by atoms with Crippen molar-refractivity contribution in [3.63, 3.8) is 0 Å². The van der Waals surface area contributed by atoms with Crippen molar-refractivity contribution in [2.75, 3.05) is 26.2 Å². The average Bonchev–Trinajstić information content (AvgIpc) is 2.79. The van der Waals surface area contributed by atoms with Gasteiger partial charge < -0.3 is 0 Å². The lowest BCUT2D eigenvalue weighted by atomic mass is 9.96. The number of nitrogens with zero attached hydrogens (tertiary/aromatic N) is 2. The van der Waals surface area contributed by atoms with Crippen LogP contribution >= 0.6 is 0 Å². The maximum absolute atomic E-state index is 13.9. The topological polar surface area (TPSA) is 40.6 Å². The number of piperazine rings is 1. The molecule has 32 heavy (non-hydrogen) atoms. The molecule has 0 radical (unpaired) electrons. The van der Waals surface area contributed by atoms with Crippen molar-refractivity contribution >= 4 is 10.0 Å². The van der Waals surface area contributed by atoms with Crippen molar-refractivity contribution in [2.45, 2.75) is 17.9 Å². The van der Waals surface area contributed by atoms with Crippen LogP contribution in [0.3, 0.4) is 0 Å². The average molecular weight is 461 g/mol. The van der Waals surface area contributed by atoms with Crippen molar-refractivity contribution < 1.29 is 21.6 Å². The minimum absolute atomic E-state index is 0.0670. The van der Waals surface area contributed by atoms with E-state index in [1.807, 2.05) is 0 Å². The van der Waals surface area contributed by atoms with Crippen LogP contribution in [-0.4, -0.2) is 43.8 Å². The molecule has 0 bridgehead atoms. The highest BCUT2D eigenvalue weighted by atomic mass is 32.2. The summed E-state index contributed by atoms with van der Waals surface area (Å²) in [6.07, 6.45) is 0. The third-order valence-corrected chi connectivity index (χ3v) is 7.69. The number of hydrogen-bond donors (Lipinski definition) is 0. The minimum Gasteiger partial charge on any atom is -0.290 e. The summed E-state index contributed by atoms with van der Waals surface area (Å²) in [4.78, 5) is 2.02. The molecule has 1 saturated heterocycles. The first-order valence-electron chi connectivity index (χ1n) is 10.3. The summed E-state index contributed by atoms with van der Waals surface area (Å²) in [6.45, 7) is 2.84. The van der Waals surface area contributed by atoms with E-state index in [1.54, 1.807) is 31.2 Å². The van der Waals surface area contributed by atoms with Crippen molar-refractivity contribution in [3.8, 4) is 0 Å². The Bertz CT molecular complexity index is 1150. The SMILES string of the molecule is Cc1ccc(S(=O)(=O)N2CCN(C(c3ccc(F)cc3)c3ccc(F)cc3)CC2)cc1F. The predicted molar refractivity (Wildman–Crippen MR) is 116 cm³/mol. The van der Waals surface area contributed by atoms with Gasteiger partial charge in [-0.2, -0.15) is 4.31 Å². The monoisotopic (exact) mass is 460 g/mol. The molecule has 8 heteroatoms. The van der Waals surface area contributed by atoms with E-state index >= 15 is 0 Å². The molecule has 0 saturated carbocycles. The van der Waals surface area contributed by atoms with Crippen molar-refractivity contribution in [2.24, 2.45) is 0 Å². The lowest BCUT2D eigenvalue weighted by molar-refractivity contribution is 0.155. The number of halogens is 3. The first kappa shape index (κ1) is 22.5. The Balaban J connectivity index is 1.57. The highest BCUT2D eigenvalue weighted by Gasteiger charge is 2.32. The summed E-state index contributed by atoms with van der Waals surface area (Å²) in [6, 6.07) is 15.9. The van der Waals surface area contributed by atoms with Crippen LogP contribution in [0.4, 0.5) is 13.2 Å². The molecule has 0 aliphatic carbocycles. The molecule has 0 atom stereocenters. The fraction of sp³-hybridized carbons (Fsp3) is 0.250. The lowest BCUT2D eigenvalue weighted by Gasteiger charge is -2.39. The molecule has 0 N–H and O–H groups in total. The molecule has 0 amide bonds. The van der Waals surface area contributed by atoms with E-state index in [-0.39, 0.29) is 35.7 Å². The van der Waals surface area contributed by atoms with Gasteiger partial charge in [0, 0.05) is 26.2 Å². The van der Waals surface area contributed by atoms with Gasteiger partial charge in [0.1, 0.15) is 17.5 Å². The fourth-order valence-corrected chi connectivity index (χ4v) is 5.42. The molecule has 0 unspecified atom stereocenters.